The van der Waals surface area contributed by atoms with E-state index >= 15 is 0 Å². The molecule has 2 rings (SSSR count). The topological polar surface area (TPSA) is 37.3 Å². The number of fused-ring (bicyclic) bond motifs is 2. The zero-order chi connectivity index (χ0) is 17.2. The van der Waals surface area contributed by atoms with E-state index < -0.39 is 5.97 Å². The molecule has 2 unspecified atom stereocenters. The molecule has 0 aromatic heterocycles. The van der Waals surface area contributed by atoms with Crippen molar-refractivity contribution in [1.29, 1.82) is 0 Å². The normalized spacial score (nSPS) is 20.4. The van der Waals surface area contributed by atoms with Crippen LogP contribution in [0.15, 0.2) is 24.3 Å². The standard InChI is InChI=1S/C21H32O2S/c1-2-3-4-5-6-7-8-9-11-19-15-24-16-20(21(22)23)18-13-10-12-17(19)14-18/h10,12-14,19-20H,2-9,11,15-16H2,1H3,(H,22,23). The van der Waals surface area contributed by atoms with Gasteiger partial charge in [0.15, 0.2) is 0 Å². The van der Waals surface area contributed by atoms with E-state index in [1.54, 1.807) is 0 Å². The van der Waals surface area contributed by atoms with Crippen molar-refractivity contribution < 1.29 is 9.90 Å². The molecule has 1 aliphatic rings. The summed E-state index contributed by atoms with van der Waals surface area (Å²) in [7, 11) is 0. The molecule has 0 radical (unpaired) electrons. The Morgan fingerprint density at radius 1 is 1.04 bits per heavy atom. The number of unbranched alkanes of at least 4 members (excludes halogenated alkanes) is 7. The molecule has 0 saturated carbocycles. The third-order valence-corrected chi connectivity index (χ3v) is 6.30. The Morgan fingerprint density at radius 2 is 1.71 bits per heavy atom. The number of thioether (sulfide) groups is 1. The third kappa shape index (κ3) is 6.16. The van der Waals surface area contributed by atoms with Crippen LogP contribution in [0, 0.1) is 0 Å². The number of aliphatic carboxylic acids is 1. The van der Waals surface area contributed by atoms with Crippen molar-refractivity contribution in [3.05, 3.63) is 35.4 Å². The van der Waals surface area contributed by atoms with Crippen molar-refractivity contribution in [3.8, 4) is 0 Å². The molecule has 2 bridgehead atoms. The second-order valence-corrected chi connectivity index (χ2v) is 8.13. The quantitative estimate of drug-likeness (QED) is 0.510. The molecule has 0 amide bonds. The first-order chi connectivity index (χ1) is 11.7. The fourth-order valence-corrected chi connectivity index (χ4v) is 4.89. The number of carbonyl (C=O) groups is 1. The Labute approximate surface area is 151 Å². The summed E-state index contributed by atoms with van der Waals surface area (Å²) < 4.78 is 0. The molecule has 2 atom stereocenters. The number of carboxylic acids is 1. The lowest BCUT2D eigenvalue weighted by molar-refractivity contribution is -0.138. The van der Waals surface area contributed by atoms with Crippen molar-refractivity contribution in [2.45, 2.75) is 76.5 Å². The van der Waals surface area contributed by atoms with Gasteiger partial charge in [-0.15, -0.1) is 0 Å². The first kappa shape index (κ1) is 19.4. The molecule has 134 valence electrons. The Morgan fingerprint density at radius 3 is 2.42 bits per heavy atom. The van der Waals surface area contributed by atoms with Crippen LogP contribution in [0.3, 0.4) is 0 Å². The van der Waals surface area contributed by atoms with Crippen LogP contribution in [0.2, 0.25) is 0 Å². The lowest BCUT2D eigenvalue weighted by atomic mass is 9.90. The summed E-state index contributed by atoms with van der Waals surface area (Å²) >= 11 is 1.81. The monoisotopic (exact) mass is 348 g/mol. The molecular weight excluding hydrogens is 316 g/mol. The van der Waals surface area contributed by atoms with Crippen LogP contribution in [0.1, 0.15) is 87.7 Å². The maximum absolute atomic E-state index is 11.4. The summed E-state index contributed by atoms with van der Waals surface area (Å²) in [4.78, 5) is 11.4. The lowest BCUT2D eigenvalue weighted by Crippen LogP contribution is -2.18. The van der Waals surface area contributed by atoms with E-state index in [1.165, 1.54) is 63.4 Å². The Kier molecular flexibility index (Phi) is 8.72. The van der Waals surface area contributed by atoms with Crippen molar-refractivity contribution in [2.24, 2.45) is 0 Å². The third-order valence-electron chi connectivity index (χ3n) is 5.09. The molecule has 1 aliphatic heterocycles. The summed E-state index contributed by atoms with van der Waals surface area (Å²) in [6.07, 6.45) is 12.1. The van der Waals surface area contributed by atoms with Crippen LogP contribution in [0.4, 0.5) is 0 Å². The van der Waals surface area contributed by atoms with Crippen molar-refractivity contribution in [1.82, 2.24) is 0 Å². The van der Waals surface area contributed by atoms with E-state index in [2.05, 4.69) is 19.1 Å². The van der Waals surface area contributed by atoms with E-state index in [0.717, 1.165) is 11.3 Å². The van der Waals surface area contributed by atoms with Crippen LogP contribution in [-0.4, -0.2) is 22.6 Å². The van der Waals surface area contributed by atoms with Crippen molar-refractivity contribution >= 4 is 17.7 Å². The van der Waals surface area contributed by atoms with Gasteiger partial charge >= 0.3 is 5.97 Å². The minimum absolute atomic E-state index is 0.348. The second kappa shape index (κ2) is 10.8. The van der Waals surface area contributed by atoms with Gasteiger partial charge in [0.25, 0.3) is 0 Å². The number of hydrogen-bond donors (Lipinski definition) is 1. The highest BCUT2D eigenvalue weighted by Gasteiger charge is 2.24. The number of benzene rings is 1. The summed E-state index contributed by atoms with van der Waals surface area (Å²) in [5, 5.41) is 9.40. The summed E-state index contributed by atoms with van der Waals surface area (Å²) in [5.74, 6) is 1.31. The Hall–Kier alpha value is -0.960. The molecule has 0 fully saturated rings. The highest BCUT2D eigenvalue weighted by molar-refractivity contribution is 7.99. The molecule has 0 saturated heterocycles. The van der Waals surface area contributed by atoms with Crippen LogP contribution in [0.5, 0.6) is 0 Å². The predicted molar refractivity (Wildman–Crippen MR) is 104 cm³/mol. The number of hydrogen-bond acceptors (Lipinski definition) is 2. The average Bonchev–Trinajstić information content (AvgIpc) is 2.57. The van der Waals surface area contributed by atoms with Gasteiger partial charge in [0.2, 0.25) is 0 Å². The summed E-state index contributed by atoms with van der Waals surface area (Å²) in [6, 6.07) is 8.34. The number of carboxylic acid groups (broad SMARTS) is 1. The maximum Gasteiger partial charge on any atom is 0.311 e. The van der Waals surface area contributed by atoms with Gasteiger partial charge in [0.05, 0.1) is 5.92 Å². The smallest absolute Gasteiger partial charge is 0.311 e. The Balaban J connectivity index is 1.78. The fourth-order valence-electron chi connectivity index (χ4n) is 3.54. The molecule has 1 aromatic carbocycles. The molecule has 1 heterocycles. The van der Waals surface area contributed by atoms with Gasteiger partial charge < -0.3 is 5.11 Å². The van der Waals surface area contributed by atoms with Crippen LogP contribution < -0.4 is 0 Å². The molecule has 1 N–H and O–H groups in total. The summed E-state index contributed by atoms with van der Waals surface area (Å²) in [5.41, 5.74) is 2.32. The largest absolute Gasteiger partial charge is 0.481 e. The molecule has 3 heteroatoms. The predicted octanol–water partition coefficient (Wildman–Crippen LogP) is 6.22. The lowest BCUT2D eigenvalue weighted by Gasteiger charge is -2.23. The van der Waals surface area contributed by atoms with Gasteiger partial charge in [-0.1, -0.05) is 82.6 Å². The van der Waals surface area contributed by atoms with E-state index in [4.69, 9.17) is 0 Å². The van der Waals surface area contributed by atoms with Crippen LogP contribution in [0.25, 0.3) is 0 Å². The van der Waals surface area contributed by atoms with E-state index in [0.29, 0.717) is 11.7 Å². The zero-order valence-corrected chi connectivity index (χ0v) is 15.8. The minimum Gasteiger partial charge on any atom is -0.481 e. The van der Waals surface area contributed by atoms with E-state index in [-0.39, 0.29) is 5.92 Å². The highest BCUT2D eigenvalue weighted by atomic mass is 32.2. The molecular formula is C21H32O2S. The second-order valence-electron chi connectivity index (χ2n) is 7.06. The molecule has 0 spiro atoms. The van der Waals surface area contributed by atoms with Gasteiger partial charge in [0.1, 0.15) is 0 Å². The minimum atomic E-state index is -0.693. The van der Waals surface area contributed by atoms with Crippen molar-refractivity contribution in [3.63, 3.8) is 0 Å². The van der Waals surface area contributed by atoms with Gasteiger partial charge in [-0.25, -0.2) is 0 Å². The maximum atomic E-state index is 11.4. The number of rotatable bonds is 10. The SMILES string of the molecule is CCCCCCCCCCC1CSCC(C(=O)O)c2cccc1c2. The molecule has 1 aromatic rings. The molecule has 24 heavy (non-hydrogen) atoms. The Bertz CT molecular complexity index is 500. The average molecular weight is 349 g/mol. The van der Waals surface area contributed by atoms with E-state index in [1.807, 2.05) is 23.9 Å². The van der Waals surface area contributed by atoms with Gasteiger partial charge in [-0.3, -0.25) is 4.79 Å². The first-order valence-corrected chi connectivity index (χ1v) is 10.8. The van der Waals surface area contributed by atoms with Crippen molar-refractivity contribution in [2.75, 3.05) is 11.5 Å². The fraction of sp³-hybridized carbons (Fsp3) is 0.667. The molecule has 2 nitrogen and oxygen atoms in total. The van der Waals surface area contributed by atoms with Gasteiger partial charge in [-0.2, -0.15) is 11.8 Å². The summed E-state index contributed by atoms with van der Waals surface area (Å²) in [6.45, 7) is 2.26. The first-order valence-electron chi connectivity index (χ1n) is 9.62. The van der Waals surface area contributed by atoms with Crippen LogP contribution in [-0.2, 0) is 4.79 Å². The van der Waals surface area contributed by atoms with E-state index in [9.17, 15) is 9.90 Å². The van der Waals surface area contributed by atoms with Gasteiger partial charge in [0, 0.05) is 11.5 Å². The zero-order valence-electron chi connectivity index (χ0n) is 15.0. The highest BCUT2D eigenvalue weighted by Crippen LogP contribution is 2.34. The van der Waals surface area contributed by atoms with Crippen LogP contribution >= 0.6 is 11.8 Å². The van der Waals surface area contributed by atoms with Gasteiger partial charge in [-0.05, 0) is 23.5 Å². The molecule has 0 aliphatic carbocycles.